The molecule has 2 amide bonds. The highest BCUT2D eigenvalue weighted by atomic mass is 16.4. The molecule has 98 valence electrons. The molecule has 17 heavy (non-hydrogen) atoms. The van der Waals surface area contributed by atoms with Gasteiger partial charge in [-0.25, -0.2) is 9.59 Å². The molecule has 0 spiro atoms. The van der Waals surface area contributed by atoms with Crippen LogP contribution in [0.5, 0.6) is 0 Å². The van der Waals surface area contributed by atoms with Gasteiger partial charge in [0.25, 0.3) is 0 Å². The van der Waals surface area contributed by atoms with Gasteiger partial charge in [-0.2, -0.15) is 0 Å². The highest BCUT2D eigenvalue weighted by Gasteiger charge is 2.21. The van der Waals surface area contributed by atoms with Gasteiger partial charge in [-0.1, -0.05) is 13.3 Å². The normalized spacial score (nSPS) is 18.4. The molecule has 0 aromatic heterocycles. The average molecular weight is 243 g/mol. The molecular weight excluding hydrogens is 222 g/mol. The van der Waals surface area contributed by atoms with Crippen molar-refractivity contribution in [3.8, 4) is 0 Å². The zero-order valence-corrected chi connectivity index (χ0v) is 10.2. The fraction of sp³-hybridized carbons (Fsp3) is 0.818. The van der Waals surface area contributed by atoms with E-state index in [2.05, 4.69) is 16.0 Å². The first-order valence-corrected chi connectivity index (χ1v) is 6.14. The minimum absolute atomic E-state index is 0.146. The Kier molecular flexibility index (Phi) is 5.76. The van der Waals surface area contributed by atoms with E-state index in [9.17, 15) is 9.59 Å². The van der Waals surface area contributed by atoms with E-state index in [0.717, 1.165) is 32.4 Å². The number of hydrogen-bond acceptors (Lipinski definition) is 3. The number of carbonyl (C=O) groups is 2. The second-order valence-corrected chi connectivity index (χ2v) is 4.32. The predicted octanol–water partition coefficient (Wildman–Crippen LogP) is 0.291. The zero-order valence-electron chi connectivity index (χ0n) is 10.2. The number of hydrogen-bond donors (Lipinski definition) is 4. The molecule has 1 atom stereocenters. The first-order valence-electron chi connectivity index (χ1n) is 6.14. The van der Waals surface area contributed by atoms with E-state index in [4.69, 9.17) is 5.11 Å². The van der Waals surface area contributed by atoms with Gasteiger partial charge in [0.1, 0.15) is 6.04 Å². The van der Waals surface area contributed by atoms with Crippen LogP contribution in [0.1, 0.15) is 32.6 Å². The Labute approximate surface area is 101 Å². The van der Waals surface area contributed by atoms with E-state index in [-0.39, 0.29) is 12.1 Å². The minimum Gasteiger partial charge on any atom is -0.480 e. The topological polar surface area (TPSA) is 90.5 Å². The van der Waals surface area contributed by atoms with Crippen LogP contribution in [0, 0.1) is 0 Å². The molecular formula is C11H21N3O3. The third kappa shape index (κ3) is 5.04. The highest BCUT2D eigenvalue weighted by molar-refractivity contribution is 5.82. The number of urea groups is 1. The van der Waals surface area contributed by atoms with Crippen molar-refractivity contribution < 1.29 is 14.7 Å². The molecule has 6 nitrogen and oxygen atoms in total. The first-order chi connectivity index (χ1) is 8.13. The Bertz CT molecular complexity index is 265. The summed E-state index contributed by atoms with van der Waals surface area (Å²) in [5.74, 6) is -0.979. The lowest BCUT2D eigenvalue weighted by Crippen LogP contribution is -2.51. The zero-order chi connectivity index (χ0) is 12.7. The molecule has 1 fully saturated rings. The van der Waals surface area contributed by atoms with E-state index in [1.165, 1.54) is 0 Å². The smallest absolute Gasteiger partial charge is 0.326 e. The van der Waals surface area contributed by atoms with Gasteiger partial charge in [-0.15, -0.1) is 0 Å². The SMILES string of the molecule is CCCC(NC(=O)NC1CCNCC1)C(=O)O. The second-order valence-electron chi connectivity index (χ2n) is 4.32. The Morgan fingerprint density at radius 3 is 2.59 bits per heavy atom. The van der Waals surface area contributed by atoms with Crippen LogP contribution < -0.4 is 16.0 Å². The standard InChI is InChI=1S/C11H21N3O3/c1-2-3-9(10(15)16)14-11(17)13-8-4-6-12-7-5-8/h8-9,12H,2-7H2,1H3,(H,15,16)(H2,13,14,17). The Morgan fingerprint density at radius 1 is 1.41 bits per heavy atom. The number of carbonyl (C=O) groups excluding carboxylic acids is 1. The van der Waals surface area contributed by atoms with Crippen molar-refractivity contribution in [1.29, 1.82) is 0 Å². The number of amides is 2. The fourth-order valence-electron chi connectivity index (χ4n) is 1.90. The summed E-state index contributed by atoms with van der Waals surface area (Å²) in [6, 6.07) is -1.02. The van der Waals surface area contributed by atoms with Gasteiger partial charge in [0.2, 0.25) is 0 Å². The molecule has 1 heterocycles. The van der Waals surface area contributed by atoms with Crippen LogP contribution in [0.2, 0.25) is 0 Å². The van der Waals surface area contributed by atoms with Gasteiger partial charge in [0.05, 0.1) is 0 Å². The lowest BCUT2D eigenvalue weighted by Gasteiger charge is -2.24. The molecule has 1 aliphatic rings. The molecule has 6 heteroatoms. The summed E-state index contributed by atoms with van der Waals surface area (Å²) in [6.45, 7) is 3.67. The van der Waals surface area contributed by atoms with Crippen molar-refractivity contribution in [2.75, 3.05) is 13.1 Å². The summed E-state index contributed by atoms with van der Waals surface area (Å²) in [5.41, 5.74) is 0. The van der Waals surface area contributed by atoms with E-state index in [0.29, 0.717) is 6.42 Å². The molecule has 0 aliphatic carbocycles. The van der Waals surface area contributed by atoms with Gasteiger partial charge in [-0.05, 0) is 32.4 Å². The minimum atomic E-state index is -0.979. The fourth-order valence-corrected chi connectivity index (χ4v) is 1.90. The average Bonchev–Trinajstić information content (AvgIpc) is 2.29. The van der Waals surface area contributed by atoms with Crippen molar-refractivity contribution in [2.24, 2.45) is 0 Å². The maximum Gasteiger partial charge on any atom is 0.326 e. The largest absolute Gasteiger partial charge is 0.480 e. The van der Waals surface area contributed by atoms with Crippen LogP contribution in [0.15, 0.2) is 0 Å². The summed E-state index contributed by atoms with van der Waals surface area (Å²) in [6.07, 6.45) is 2.96. The van der Waals surface area contributed by atoms with Gasteiger partial charge < -0.3 is 21.1 Å². The van der Waals surface area contributed by atoms with Crippen molar-refractivity contribution in [2.45, 2.75) is 44.7 Å². The van der Waals surface area contributed by atoms with Crippen molar-refractivity contribution in [3.63, 3.8) is 0 Å². The maximum atomic E-state index is 11.6. The molecule has 4 N–H and O–H groups in total. The summed E-state index contributed by atoms with van der Waals surface area (Å²) in [4.78, 5) is 22.5. The lowest BCUT2D eigenvalue weighted by atomic mass is 10.1. The van der Waals surface area contributed by atoms with Gasteiger partial charge in [0, 0.05) is 6.04 Å². The molecule has 1 saturated heterocycles. The first kappa shape index (κ1) is 13.8. The molecule has 0 radical (unpaired) electrons. The summed E-state index contributed by atoms with van der Waals surface area (Å²) in [7, 11) is 0. The van der Waals surface area contributed by atoms with Gasteiger partial charge in [-0.3, -0.25) is 0 Å². The molecule has 1 rings (SSSR count). The number of aliphatic carboxylic acids is 1. The number of rotatable bonds is 5. The monoisotopic (exact) mass is 243 g/mol. The molecule has 0 aromatic carbocycles. The summed E-state index contributed by atoms with van der Waals surface area (Å²) < 4.78 is 0. The second kappa shape index (κ2) is 7.11. The van der Waals surface area contributed by atoms with E-state index in [1.54, 1.807) is 0 Å². The quantitative estimate of drug-likeness (QED) is 0.558. The highest BCUT2D eigenvalue weighted by Crippen LogP contribution is 2.02. The maximum absolute atomic E-state index is 11.6. The molecule has 0 aromatic rings. The van der Waals surface area contributed by atoms with Crippen LogP contribution in [-0.2, 0) is 4.79 Å². The van der Waals surface area contributed by atoms with E-state index in [1.807, 2.05) is 6.92 Å². The molecule has 0 saturated carbocycles. The van der Waals surface area contributed by atoms with Crippen LogP contribution >= 0.6 is 0 Å². The van der Waals surface area contributed by atoms with E-state index >= 15 is 0 Å². The van der Waals surface area contributed by atoms with Crippen molar-refractivity contribution >= 4 is 12.0 Å². The van der Waals surface area contributed by atoms with Gasteiger partial charge >= 0.3 is 12.0 Å². The number of piperidine rings is 1. The van der Waals surface area contributed by atoms with Crippen LogP contribution in [0.25, 0.3) is 0 Å². The third-order valence-electron chi connectivity index (χ3n) is 2.86. The van der Waals surface area contributed by atoms with Gasteiger partial charge in [0.15, 0.2) is 0 Å². The van der Waals surface area contributed by atoms with Crippen LogP contribution in [0.4, 0.5) is 4.79 Å². The lowest BCUT2D eigenvalue weighted by molar-refractivity contribution is -0.139. The number of carboxylic acid groups (broad SMARTS) is 1. The van der Waals surface area contributed by atoms with Crippen molar-refractivity contribution in [1.82, 2.24) is 16.0 Å². The number of nitrogens with one attached hydrogen (secondary N) is 3. The summed E-state index contributed by atoms with van der Waals surface area (Å²) >= 11 is 0. The summed E-state index contributed by atoms with van der Waals surface area (Å²) in [5, 5.41) is 17.4. The van der Waals surface area contributed by atoms with Crippen LogP contribution in [0.3, 0.4) is 0 Å². The molecule has 1 aliphatic heterocycles. The van der Waals surface area contributed by atoms with Crippen molar-refractivity contribution in [3.05, 3.63) is 0 Å². The molecule has 0 bridgehead atoms. The molecule has 1 unspecified atom stereocenters. The Hall–Kier alpha value is -1.30. The predicted molar refractivity (Wildman–Crippen MR) is 63.9 cm³/mol. The Morgan fingerprint density at radius 2 is 2.06 bits per heavy atom. The van der Waals surface area contributed by atoms with Crippen LogP contribution in [-0.4, -0.2) is 42.3 Å². The Balaban J connectivity index is 2.33. The third-order valence-corrected chi connectivity index (χ3v) is 2.86. The van der Waals surface area contributed by atoms with E-state index < -0.39 is 12.0 Å². The number of carboxylic acids is 1.